The van der Waals surface area contributed by atoms with E-state index in [-0.39, 0.29) is 6.61 Å². The van der Waals surface area contributed by atoms with Gasteiger partial charge in [0.1, 0.15) is 0 Å². The molecule has 1 aliphatic carbocycles. The van der Waals surface area contributed by atoms with Gasteiger partial charge in [0.15, 0.2) is 6.29 Å². The van der Waals surface area contributed by atoms with Crippen LogP contribution >= 0.6 is 11.6 Å². The first-order valence-corrected chi connectivity index (χ1v) is 6.51. The minimum atomic E-state index is -0.484. The van der Waals surface area contributed by atoms with E-state index in [9.17, 15) is 5.11 Å². The average molecular weight is 271 g/mol. The summed E-state index contributed by atoms with van der Waals surface area (Å²) in [5, 5.41) is 10.6. The van der Waals surface area contributed by atoms with Crippen molar-refractivity contribution in [2.45, 2.75) is 31.0 Å². The summed E-state index contributed by atoms with van der Waals surface area (Å²) in [4.78, 5) is 0. The molecule has 0 bridgehead atoms. The highest BCUT2D eigenvalue weighted by atomic mass is 35.5. The molecule has 0 heterocycles. The first-order chi connectivity index (χ1) is 8.67. The Balaban J connectivity index is 2.51. The maximum Gasteiger partial charge on any atom is 0.168 e. The molecule has 1 atom stereocenters. The van der Waals surface area contributed by atoms with Crippen LogP contribution in [0.5, 0.6) is 0 Å². The molecule has 1 unspecified atom stereocenters. The molecule has 0 aliphatic heterocycles. The minimum Gasteiger partial charge on any atom is -0.395 e. The molecule has 1 aromatic rings. The average Bonchev–Trinajstić information content (AvgIpc) is 2.39. The van der Waals surface area contributed by atoms with Gasteiger partial charge in [-0.1, -0.05) is 17.7 Å². The highest BCUT2D eigenvalue weighted by Gasteiger charge is 2.43. The Morgan fingerprint density at radius 1 is 1.39 bits per heavy atom. The van der Waals surface area contributed by atoms with Crippen LogP contribution in [-0.4, -0.2) is 32.2 Å². The van der Waals surface area contributed by atoms with Gasteiger partial charge in [0.25, 0.3) is 0 Å². The fourth-order valence-corrected chi connectivity index (χ4v) is 3.21. The van der Waals surface area contributed by atoms with E-state index >= 15 is 0 Å². The lowest BCUT2D eigenvalue weighted by molar-refractivity contribution is -0.164. The largest absolute Gasteiger partial charge is 0.395 e. The van der Waals surface area contributed by atoms with E-state index in [4.69, 9.17) is 21.1 Å². The third-order valence-electron chi connectivity index (χ3n) is 3.83. The molecule has 4 heteroatoms. The van der Waals surface area contributed by atoms with Gasteiger partial charge in [-0.05, 0) is 42.5 Å². The van der Waals surface area contributed by atoms with Crippen LogP contribution in [0.2, 0.25) is 5.02 Å². The number of hydrogen-bond acceptors (Lipinski definition) is 3. The number of rotatable bonds is 4. The molecular formula is C14H19ClO3. The van der Waals surface area contributed by atoms with Gasteiger partial charge in [0, 0.05) is 19.2 Å². The van der Waals surface area contributed by atoms with Gasteiger partial charge < -0.3 is 14.6 Å². The van der Waals surface area contributed by atoms with Crippen molar-refractivity contribution in [2.75, 3.05) is 20.8 Å². The standard InChI is InChI=1S/C14H19ClO3/c1-17-13(18-2)14(9-16)7-3-4-10-8-11(15)5-6-12(10)14/h5-6,8,13,16H,3-4,7,9H2,1-2H3. The lowest BCUT2D eigenvalue weighted by atomic mass is 9.70. The van der Waals surface area contributed by atoms with Crippen LogP contribution in [0.1, 0.15) is 24.0 Å². The summed E-state index contributed by atoms with van der Waals surface area (Å²) in [5.41, 5.74) is 1.79. The number of aliphatic hydroxyl groups is 1. The Morgan fingerprint density at radius 3 is 2.72 bits per heavy atom. The van der Waals surface area contributed by atoms with Crippen molar-refractivity contribution in [3.8, 4) is 0 Å². The molecule has 0 spiro atoms. The van der Waals surface area contributed by atoms with Crippen molar-refractivity contribution in [3.63, 3.8) is 0 Å². The highest BCUT2D eigenvalue weighted by molar-refractivity contribution is 6.30. The molecule has 0 amide bonds. The van der Waals surface area contributed by atoms with Crippen molar-refractivity contribution in [2.24, 2.45) is 0 Å². The number of methoxy groups -OCH3 is 2. The first-order valence-electron chi connectivity index (χ1n) is 6.13. The van der Waals surface area contributed by atoms with Crippen molar-refractivity contribution < 1.29 is 14.6 Å². The van der Waals surface area contributed by atoms with Crippen LogP contribution < -0.4 is 0 Å². The fraction of sp³-hybridized carbons (Fsp3) is 0.571. The predicted octanol–water partition coefficient (Wildman–Crippen LogP) is 2.53. The fourth-order valence-electron chi connectivity index (χ4n) is 3.01. The van der Waals surface area contributed by atoms with Gasteiger partial charge in [-0.2, -0.15) is 0 Å². The molecule has 1 N–H and O–H groups in total. The van der Waals surface area contributed by atoms with Gasteiger partial charge in [0.05, 0.1) is 12.0 Å². The second-order valence-corrected chi connectivity index (χ2v) is 5.21. The van der Waals surface area contributed by atoms with Crippen LogP contribution in [0.3, 0.4) is 0 Å². The zero-order valence-corrected chi connectivity index (χ0v) is 11.5. The summed E-state index contributed by atoms with van der Waals surface area (Å²) in [6.45, 7) is 0.00792. The molecule has 1 aliphatic rings. The molecule has 1 aromatic carbocycles. The molecule has 2 rings (SSSR count). The van der Waals surface area contributed by atoms with Gasteiger partial charge in [-0.3, -0.25) is 0 Å². The summed E-state index contributed by atoms with van der Waals surface area (Å²) in [5.74, 6) is 0. The Hall–Kier alpha value is -0.610. The third kappa shape index (κ3) is 2.16. The van der Waals surface area contributed by atoms with Gasteiger partial charge in [0.2, 0.25) is 0 Å². The van der Waals surface area contributed by atoms with E-state index in [1.165, 1.54) is 5.56 Å². The summed E-state index contributed by atoms with van der Waals surface area (Å²) in [6.07, 6.45) is 2.39. The molecule has 0 aromatic heterocycles. The zero-order valence-electron chi connectivity index (χ0n) is 10.8. The summed E-state index contributed by atoms with van der Waals surface area (Å²) >= 11 is 6.04. The molecule has 0 fully saturated rings. The molecule has 0 saturated carbocycles. The van der Waals surface area contributed by atoms with Crippen molar-refractivity contribution in [1.82, 2.24) is 0 Å². The van der Waals surface area contributed by atoms with Crippen molar-refractivity contribution >= 4 is 11.6 Å². The number of benzene rings is 1. The first kappa shape index (κ1) is 13.8. The number of aliphatic hydroxyl groups excluding tert-OH is 1. The predicted molar refractivity (Wildman–Crippen MR) is 71.0 cm³/mol. The van der Waals surface area contributed by atoms with Crippen LogP contribution in [0.25, 0.3) is 0 Å². The van der Waals surface area contributed by atoms with Crippen molar-refractivity contribution in [3.05, 3.63) is 34.3 Å². The summed E-state index contributed by atoms with van der Waals surface area (Å²) in [6, 6.07) is 5.82. The van der Waals surface area contributed by atoms with Gasteiger partial charge >= 0.3 is 0 Å². The zero-order chi connectivity index (χ0) is 13.2. The van der Waals surface area contributed by atoms with Crippen LogP contribution in [0.4, 0.5) is 0 Å². The van der Waals surface area contributed by atoms with E-state index in [0.29, 0.717) is 0 Å². The van der Waals surface area contributed by atoms with E-state index in [1.54, 1.807) is 14.2 Å². The number of halogens is 1. The SMILES string of the molecule is COC(OC)C1(CO)CCCc2cc(Cl)ccc21. The quantitative estimate of drug-likeness (QED) is 0.855. The Labute approximate surface area is 113 Å². The number of fused-ring (bicyclic) bond motifs is 1. The van der Waals surface area contributed by atoms with E-state index in [0.717, 1.165) is 29.8 Å². The smallest absolute Gasteiger partial charge is 0.168 e. The minimum absolute atomic E-state index is 0.00792. The maximum absolute atomic E-state index is 9.90. The molecular weight excluding hydrogens is 252 g/mol. The van der Waals surface area contributed by atoms with Crippen LogP contribution in [0, 0.1) is 0 Å². The maximum atomic E-state index is 9.90. The van der Waals surface area contributed by atoms with E-state index in [2.05, 4.69) is 0 Å². The van der Waals surface area contributed by atoms with E-state index < -0.39 is 11.7 Å². The number of ether oxygens (including phenoxy) is 2. The molecule has 18 heavy (non-hydrogen) atoms. The lowest BCUT2D eigenvalue weighted by Gasteiger charge is -2.42. The second-order valence-electron chi connectivity index (χ2n) is 4.77. The topological polar surface area (TPSA) is 38.7 Å². The van der Waals surface area contributed by atoms with Crippen LogP contribution in [0.15, 0.2) is 18.2 Å². The third-order valence-corrected chi connectivity index (χ3v) is 4.07. The van der Waals surface area contributed by atoms with E-state index in [1.807, 2.05) is 18.2 Å². The monoisotopic (exact) mass is 270 g/mol. The highest BCUT2D eigenvalue weighted by Crippen LogP contribution is 2.41. The summed E-state index contributed by atoms with van der Waals surface area (Å²) < 4.78 is 10.8. The van der Waals surface area contributed by atoms with Gasteiger partial charge in [-0.25, -0.2) is 0 Å². The number of hydrogen-bond donors (Lipinski definition) is 1. The number of aryl methyl sites for hydroxylation is 1. The lowest BCUT2D eigenvalue weighted by Crippen LogP contribution is -2.47. The van der Waals surface area contributed by atoms with Crippen LogP contribution in [-0.2, 0) is 21.3 Å². The molecule has 0 saturated heterocycles. The Kier molecular flexibility index (Phi) is 4.28. The van der Waals surface area contributed by atoms with Crippen molar-refractivity contribution in [1.29, 1.82) is 0 Å². The molecule has 3 nitrogen and oxygen atoms in total. The Morgan fingerprint density at radius 2 is 2.11 bits per heavy atom. The second kappa shape index (κ2) is 5.57. The van der Waals surface area contributed by atoms with Gasteiger partial charge in [-0.15, -0.1) is 0 Å². The molecule has 0 radical (unpaired) electrons. The molecule has 100 valence electrons. The summed E-state index contributed by atoms with van der Waals surface area (Å²) in [7, 11) is 3.21. The normalized spacial score (nSPS) is 23.2. The Bertz CT molecular complexity index is 418.